The molecule has 2 rings (SSSR count). The molecule has 0 bridgehead atoms. The lowest BCUT2D eigenvalue weighted by molar-refractivity contribution is -0.139. The quantitative estimate of drug-likeness (QED) is 0.765. The Morgan fingerprint density at radius 3 is 2.84 bits per heavy atom. The van der Waals surface area contributed by atoms with Gasteiger partial charge in [-0.1, -0.05) is 12.1 Å². The van der Waals surface area contributed by atoms with Crippen LogP contribution < -0.4 is 4.74 Å². The molecule has 7 nitrogen and oxygen atoms in total. The van der Waals surface area contributed by atoms with Gasteiger partial charge in [-0.2, -0.15) is 0 Å². The number of carbonyl (C=O) groups excluding carboxylic acids is 2. The molecule has 1 N–H and O–H groups in total. The predicted molar refractivity (Wildman–Crippen MR) is 92.4 cm³/mol. The monoisotopic (exact) mass is 350 g/mol. The van der Waals surface area contributed by atoms with E-state index in [-0.39, 0.29) is 37.9 Å². The Morgan fingerprint density at radius 1 is 1.32 bits per heavy atom. The molecule has 1 saturated heterocycles. The number of rotatable bonds is 7. The van der Waals surface area contributed by atoms with Gasteiger partial charge in [0.25, 0.3) is 0 Å². The van der Waals surface area contributed by atoms with Crippen LogP contribution in [0.25, 0.3) is 0 Å². The smallest absolute Gasteiger partial charge is 0.242 e. The number of hydrogen-bond donors (Lipinski definition) is 1. The van der Waals surface area contributed by atoms with Crippen molar-refractivity contribution in [2.24, 2.45) is 0 Å². The van der Waals surface area contributed by atoms with Crippen LogP contribution >= 0.6 is 0 Å². The van der Waals surface area contributed by atoms with Crippen LogP contribution in [-0.4, -0.2) is 79.8 Å². The summed E-state index contributed by atoms with van der Waals surface area (Å²) < 4.78 is 10.2. The van der Waals surface area contributed by atoms with Crippen molar-refractivity contribution in [3.8, 4) is 5.75 Å². The van der Waals surface area contributed by atoms with Gasteiger partial charge in [-0.3, -0.25) is 9.59 Å². The zero-order chi connectivity index (χ0) is 18.2. The van der Waals surface area contributed by atoms with Gasteiger partial charge in [0.2, 0.25) is 11.8 Å². The lowest BCUT2D eigenvalue weighted by atomic mass is 10.1. The van der Waals surface area contributed by atoms with Gasteiger partial charge in [0.15, 0.2) is 0 Å². The summed E-state index contributed by atoms with van der Waals surface area (Å²) in [5, 5.41) is 10.1. The molecule has 2 amide bonds. The molecule has 1 aliphatic heterocycles. The van der Waals surface area contributed by atoms with Crippen molar-refractivity contribution in [1.82, 2.24) is 9.80 Å². The van der Waals surface area contributed by atoms with Crippen molar-refractivity contribution < 1.29 is 24.2 Å². The minimum Gasteiger partial charge on any atom is -0.497 e. The minimum atomic E-state index is -0.746. The van der Waals surface area contributed by atoms with Crippen molar-refractivity contribution in [1.29, 1.82) is 0 Å². The zero-order valence-corrected chi connectivity index (χ0v) is 14.8. The molecule has 0 radical (unpaired) electrons. The number of benzene rings is 1. The van der Waals surface area contributed by atoms with Gasteiger partial charge in [-0.15, -0.1) is 0 Å². The van der Waals surface area contributed by atoms with E-state index in [1.807, 2.05) is 24.3 Å². The van der Waals surface area contributed by atoms with Crippen LogP contribution in [0.5, 0.6) is 5.75 Å². The zero-order valence-electron chi connectivity index (χ0n) is 14.8. The first-order chi connectivity index (χ1) is 12.0. The molecule has 1 fully saturated rings. The largest absolute Gasteiger partial charge is 0.497 e. The van der Waals surface area contributed by atoms with Gasteiger partial charge in [-0.05, 0) is 24.1 Å². The summed E-state index contributed by atoms with van der Waals surface area (Å²) >= 11 is 0. The average molecular weight is 350 g/mol. The Kier molecular flexibility index (Phi) is 7.21. The van der Waals surface area contributed by atoms with Crippen LogP contribution in [0.2, 0.25) is 0 Å². The first kappa shape index (κ1) is 19.2. The Morgan fingerprint density at radius 2 is 2.12 bits per heavy atom. The van der Waals surface area contributed by atoms with Crippen LogP contribution in [0, 0.1) is 0 Å². The van der Waals surface area contributed by atoms with Gasteiger partial charge >= 0.3 is 0 Å². The van der Waals surface area contributed by atoms with Crippen LogP contribution in [0.3, 0.4) is 0 Å². The lowest BCUT2D eigenvalue weighted by Gasteiger charge is -2.21. The fourth-order valence-electron chi connectivity index (χ4n) is 2.84. The fraction of sp³-hybridized carbons (Fsp3) is 0.556. The molecule has 7 heteroatoms. The first-order valence-electron chi connectivity index (χ1n) is 8.39. The van der Waals surface area contributed by atoms with E-state index in [9.17, 15) is 14.7 Å². The molecule has 1 aromatic carbocycles. The van der Waals surface area contributed by atoms with E-state index in [0.29, 0.717) is 19.6 Å². The topological polar surface area (TPSA) is 79.3 Å². The number of aliphatic hydroxyl groups excluding tert-OH is 1. The number of β-amino-alcohol motifs (C(OH)–C–C–N with tert-alkyl or cyclic N) is 1. The number of aryl methyl sites for hydroxylation is 1. The molecule has 0 aromatic heterocycles. The third-order valence-electron chi connectivity index (χ3n) is 4.22. The summed E-state index contributed by atoms with van der Waals surface area (Å²) in [6.45, 7) is 1.21. The van der Waals surface area contributed by atoms with Crippen molar-refractivity contribution in [3.63, 3.8) is 0 Å². The summed E-state index contributed by atoms with van der Waals surface area (Å²) in [6, 6.07) is 7.56. The summed E-state index contributed by atoms with van der Waals surface area (Å²) in [5.41, 5.74) is 0.996. The Balaban J connectivity index is 1.92. The SMILES string of the molecule is COCCN1CC(O)CN(C(=O)CCc2cccc(OC)c2)CC1=O. The third kappa shape index (κ3) is 5.72. The summed E-state index contributed by atoms with van der Waals surface area (Å²) in [7, 11) is 3.16. The first-order valence-corrected chi connectivity index (χ1v) is 8.39. The van der Waals surface area contributed by atoms with E-state index in [1.54, 1.807) is 19.1 Å². The maximum absolute atomic E-state index is 12.5. The number of amides is 2. The molecule has 0 saturated carbocycles. The number of hydrogen-bond acceptors (Lipinski definition) is 5. The van der Waals surface area contributed by atoms with Gasteiger partial charge in [0.05, 0.1) is 26.4 Å². The molecule has 1 atom stereocenters. The summed E-state index contributed by atoms with van der Waals surface area (Å²) in [5.74, 6) is 0.450. The molecule has 1 aliphatic rings. The second-order valence-electron chi connectivity index (χ2n) is 6.11. The highest BCUT2D eigenvalue weighted by Crippen LogP contribution is 2.15. The Hall–Kier alpha value is -2.12. The molecular weight excluding hydrogens is 324 g/mol. The van der Waals surface area contributed by atoms with E-state index < -0.39 is 6.10 Å². The normalized spacial score (nSPS) is 18.2. The van der Waals surface area contributed by atoms with E-state index in [1.165, 1.54) is 4.90 Å². The van der Waals surface area contributed by atoms with Crippen molar-refractivity contribution in [3.05, 3.63) is 29.8 Å². The fourth-order valence-corrected chi connectivity index (χ4v) is 2.84. The van der Waals surface area contributed by atoms with E-state index >= 15 is 0 Å². The summed E-state index contributed by atoms with van der Waals surface area (Å²) in [6.07, 6.45) is 0.0965. The maximum Gasteiger partial charge on any atom is 0.242 e. The highest BCUT2D eigenvalue weighted by atomic mass is 16.5. The molecule has 1 aromatic rings. The Labute approximate surface area is 148 Å². The van der Waals surface area contributed by atoms with Gasteiger partial charge < -0.3 is 24.4 Å². The minimum absolute atomic E-state index is 0.00226. The van der Waals surface area contributed by atoms with E-state index in [4.69, 9.17) is 9.47 Å². The number of aliphatic hydroxyl groups is 1. The third-order valence-corrected chi connectivity index (χ3v) is 4.22. The van der Waals surface area contributed by atoms with Crippen LogP contribution in [0.1, 0.15) is 12.0 Å². The highest BCUT2D eigenvalue weighted by molar-refractivity contribution is 5.85. The van der Waals surface area contributed by atoms with E-state index in [2.05, 4.69) is 0 Å². The molecule has 1 unspecified atom stereocenters. The standard InChI is InChI=1S/C18H26N2O5/c1-24-9-8-19-11-15(21)12-20(13-18(19)23)17(22)7-6-14-4-3-5-16(10-14)25-2/h3-5,10,15,21H,6-9,11-13H2,1-2H3. The molecule has 0 spiro atoms. The molecule has 25 heavy (non-hydrogen) atoms. The van der Waals surface area contributed by atoms with Crippen LogP contribution in [0.4, 0.5) is 0 Å². The number of nitrogens with zero attached hydrogens (tertiary/aromatic N) is 2. The predicted octanol–water partition coefficient (Wildman–Crippen LogP) is 0.306. The molecular formula is C18H26N2O5. The van der Waals surface area contributed by atoms with Crippen molar-refractivity contribution >= 4 is 11.8 Å². The van der Waals surface area contributed by atoms with Crippen LogP contribution in [0.15, 0.2) is 24.3 Å². The number of carbonyl (C=O) groups is 2. The molecule has 138 valence electrons. The summed E-state index contributed by atoms with van der Waals surface area (Å²) in [4.78, 5) is 27.8. The Bertz CT molecular complexity index is 593. The highest BCUT2D eigenvalue weighted by Gasteiger charge is 2.28. The number of ether oxygens (including phenoxy) is 2. The van der Waals surface area contributed by atoms with Gasteiger partial charge in [0, 0.05) is 33.2 Å². The second kappa shape index (κ2) is 9.39. The van der Waals surface area contributed by atoms with E-state index in [0.717, 1.165) is 11.3 Å². The maximum atomic E-state index is 12.5. The average Bonchev–Trinajstić information content (AvgIpc) is 2.76. The van der Waals surface area contributed by atoms with Crippen molar-refractivity contribution in [2.45, 2.75) is 18.9 Å². The van der Waals surface area contributed by atoms with Gasteiger partial charge in [0.1, 0.15) is 5.75 Å². The van der Waals surface area contributed by atoms with Gasteiger partial charge in [-0.25, -0.2) is 0 Å². The second-order valence-corrected chi connectivity index (χ2v) is 6.11. The van der Waals surface area contributed by atoms with Crippen LogP contribution in [-0.2, 0) is 20.7 Å². The lowest BCUT2D eigenvalue weighted by Crippen LogP contribution is -2.40. The molecule has 0 aliphatic carbocycles. The molecule has 1 heterocycles. The van der Waals surface area contributed by atoms with Crippen molar-refractivity contribution in [2.75, 3.05) is 47.0 Å². The number of methoxy groups -OCH3 is 2.